The minimum Gasteiger partial charge on any atom is -0.497 e. The van der Waals surface area contributed by atoms with E-state index in [1.54, 1.807) is 37.4 Å². The summed E-state index contributed by atoms with van der Waals surface area (Å²) in [6.45, 7) is 0.844. The third kappa shape index (κ3) is 4.12. The van der Waals surface area contributed by atoms with Crippen LogP contribution in [0.2, 0.25) is 0 Å². The molecule has 0 saturated carbocycles. The van der Waals surface area contributed by atoms with Gasteiger partial charge in [0.15, 0.2) is 5.75 Å². The average Bonchev–Trinajstić information content (AvgIpc) is 3.11. The van der Waals surface area contributed by atoms with Gasteiger partial charge in [-0.3, -0.25) is 9.78 Å². The SMILES string of the molecule is COc1ccc(COc2c3c(cc4cc(Cc5ccc(F)cc5)cnc24)CN(C)C3=O)cc1. The van der Waals surface area contributed by atoms with Gasteiger partial charge in [-0.1, -0.05) is 24.3 Å². The first-order chi connectivity index (χ1) is 16.0. The number of aromatic nitrogens is 1. The van der Waals surface area contributed by atoms with Crippen molar-refractivity contribution >= 4 is 16.8 Å². The zero-order valence-corrected chi connectivity index (χ0v) is 18.5. The lowest BCUT2D eigenvalue weighted by molar-refractivity contribution is 0.0813. The lowest BCUT2D eigenvalue weighted by Crippen LogP contribution is -2.18. The Morgan fingerprint density at radius 1 is 1.00 bits per heavy atom. The molecule has 1 aromatic heterocycles. The van der Waals surface area contributed by atoms with Gasteiger partial charge in [-0.15, -0.1) is 0 Å². The Kier molecular flexibility index (Phi) is 5.42. The summed E-state index contributed by atoms with van der Waals surface area (Å²) in [5, 5.41) is 0.918. The smallest absolute Gasteiger partial charge is 0.258 e. The van der Waals surface area contributed by atoms with Gasteiger partial charge in [0.05, 0.1) is 12.7 Å². The fraction of sp³-hybridized carbons (Fsp3) is 0.185. The van der Waals surface area contributed by atoms with E-state index in [1.807, 2.05) is 30.3 Å². The number of benzene rings is 3. The maximum atomic E-state index is 13.2. The van der Waals surface area contributed by atoms with Crippen LogP contribution in [0.5, 0.6) is 11.5 Å². The van der Waals surface area contributed by atoms with E-state index in [0.717, 1.165) is 33.4 Å². The van der Waals surface area contributed by atoms with Crippen LogP contribution in [0.3, 0.4) is 0 Å². The number of methoxy groups -OCH3 is 1. The van der Waals surface area contributed by atoms with Gasteiger partial charge in [-0.05, 0) is 65.1 Å². The molecule has 2 heterocycles. The predicted molar refractivity (Wildman–Crippen MR) is 124 cm³/mol. The number of hydrogen-bond acceptors (Lipinski definition) is 4. The van der Waals surface area contributed by atoms with Crippen molar-refractivity contribution in [2.45, 2.75) is 19.6 Å². The quantitative estimate of drug-likeness (QED) is 0.415. The Hall–Kier alpha value is -3.93. The Morgan fingerprint density at radius 2 is 1.73 bits per heavy atom. The molecule has 0 bridgehead atoms. The lowest BCUT2D eigenvalue weighted by Gasteiger charge is -2.14. The molecule has 0 fully saturated rings. The molecule has 1 aliphatic rings. The molecule has 6 heteroatoms. The molecule has 0 atom stereocenters. The lowest BCUT2D eigenvalue weighted by atomic mass is 10.0. The summed E-state index contributed by atoms with van der Waals surface area (Å²) >= 11 is 0. The van der Waals surface area contributed by atoms with E-state index in [1.165, 1.54) is 12.1 Å². The van der Waals surface area contributed by atoms with E-state index in [-0.39, 0.29) is 11.7 Å². The number of amides is 1. The molecule has 5 nitrogen and oxygen atoms in total. The summed E-state index contributed by atoms with van der Waals surface area (Å²) in [6, 6.07) is 18.2. The molecule has 3 aromatic carbocycles. The number of carbonyl (C=O) groups is 1. The monoisotopic (exact) mass is 442 g/mol. The van der Waals surface area contributed by atoms with Crippen LogP contribution in [0.25, 0.3) is 10.9 Å². The number of rotatable bonds is 6. The van der Waals surface area contributed by atoms with Crippen molar-refractivity contribution in [3.63, 3.8) is 0 Å². The second-order valence-corrected chi connectivity index (χ2v) is 8.26. The highest BCUT2D eigenvalue weighted by atomic mass is 19.1. The van der Waals surface area contributed by atoms with Gasteiger partial charge >= 0.3 is 0 Å². The second-order valence-electron chi connectivity index (χ2n) is 8.26. The first-order valence-corrected chi connectivity index (χ1v) is 10.7. The van der Waals surface area contributed by atoms with Gasteiger partial charge in [0.1, 0.15) is 23.7 Å². The fourth-order valence-corrected chi connectivity index (χ4v) is 4.18. The van der Waals surface area contributed by atoms with Crippen LogP contribution < -0.4 is 9.47 Å². The first kappa shape index (κ1) is 20.9. The van der Waals surface area contributed by atoms with E-state index in [4.69, 9.17) is 9.47 Å². The molecule has 0 N–H and O–H groups in total. The van der Waals surface area contributed by atoms with E-state index in [9.17, 15) is 9.18 Å². The number of ether oxygens (including phenoxy) is 2. The number of fused-ring (bicyclic) bond motifs is 2. The molecule has 0 unspecified atom stereocenters. The largest absolute Gasteiger partial charge is 0.497 e. The third-order valence-electron chi connectivity index (χ3n) is 5.90. The number of carbonyl (C=O) groups excluding carboxylic acids is 1. The highest BCUT2D eigenvalue weighted by Gasteiger charge is 2.30. The average molecular weight is 442 g/mol. The van der Waals surface area contributed by atoms with Gasteiger partial charge in [-0.2, -0.15) is 0 Å². The van der Waals surface area contributed by atoms with Gasteiger partial charge < -0.3 is 14.4 Å². The van der Waals surface area contributed by atoms with Crippen molar-refractivity contribution in [2.24, 2.45) is 0 Å². The Labute approximate surface area is 191 Å². The molecular formula is C27H23FN2O3. The molecule has 166 valence electrons. The zero-order chi connectivity index (χ0) is 22.9. The van der Waals surface area contributed by atoms with Crippen LogP contribution in [0.15, 0.2) is 66.9 Å². The molecule has 0 spiro atoms. The van der Waals surface area contributed by atoms with Crippen LogP contribution in [0, 0.1) is 5.82 Å². The van der Waals surface area contributed by atoms with Crippen molar-refractivity contribution in [1.29, 1.82) is 0 Å². The molecule has 33 heavy (non-hydrogen) atoms. The second kappa shape index (κ2) is 8.54. The van der Waals surface area contributed by atoms with E-state index < -0.39 is 0 Å². The Morgan fingerprint density at radius 3 is 2.45 bits per heavy atom. The zero-order valence-electron chi connectivity index (χ0n) is 18.5. The summed E-state index contributed by atoms with van der Waals surface area (Å²) in [5.41, 5.74) is 5.15. The van der Waals surface area contributed by atoms with E-state index in [0.29, 0.717) is 36.4 Å². The molecule has 0 saturated heterocycles. The minimum absolute atomic E-state index is 0.0613. The number of hydrogen-bond donors (Lipinski definition) is 0. The van der Waals surface area contributed by atoms with Gasteiger partial charge in [-0.25, -0.2) is 4.39 Å². The standard InChI is InChI=1S/C27H23FN2O3/c1-30-15-21-13-20-12-19(11-17-3-7-22(28)8-4-17)14-29-25(20)26(24(21)27(30)31)33-16-18-5-9-23(32-2)10-6-18/h3-10,12-14H,11,15-16H2,1-2H3. The highest BCUT2D eigenvalue weighted by Crippen LogP contribution is 2.37. The highest BCUT2D eigenvalue weighted by molar-refractivity contribution is 6.06. The third-order valence-corrected chi connectivity index (χ3v) is 5.90. The fourth-order valence-electron chi connectivity index (χ4n) is 4.18. The van der Waals surface area contributed by atoms with Crippen LogP contribution >= 0.6 is 0 Å². The predicted octanol–water partition coefficient (Wildman–Crippen LogP) is 5.14. The Balaban J connectivity index is 1.51. The summed E-state index contributed by atoms with van der Waals surface area (Å²) < 4.78 is 24.7. The Bertz CT molecular complexity index is 1330. The molecule has 5 rings (SSSR count). The van der Waals surface area contributed by atoms with E-state index in [2.05, 4.69) is 11.1 Å². The number of nitrogens with zero attached hydrogens (tertiary/aromatic N) is 2. The maximum absolute atomic E-state index is 13.2. The molecule has 1 amide bonds. The van der Waals surface area contributed by atoms with Crippen molar-refractivity contribution in [2.75, 3.05) is 14.2 Å². The topological polar surface area (TPSA) is 51.7 Å². The first-order valence-electron chi connectivity index (χ1n) is 10.7. The van der Waals surface area contributed by atoms with Gasteiger partial charge in [0.2, 0.25) is 0 Å². The van der Waals surface area contributed by atoms with Gasteiger partial charge in [0, 0.05) is 25.2 Å². The maximum Gasteiger partial charge on any atom is 0.258 e. The van der Waals surface area contributed by atoms with Crippen LogP contribution in [-0.4, -0.2) is 29.9 Å². The van der Waals surface area contributed by atoms with E-state index >= 15 is 0 Å². The van der Waals surface area contributed by atoms with Gasteiger partial charge in [0.25, 0.3) is 5.91 Å². The summed E-state index contributed by atoms with van der Waals surface area (Å²) in [7, 11) is 3.41. The van der Waals surface area contributed by atoms with Crippen LogP contribution in [0.1, 0.15) is 32.6 Å². The van der Waals surface area contributed by atoms with Crippen molar-refractivity contribution in [3.05, 3.63) is 100 Å². The normalized spacial score (nSPS) is 12.8. The molecular weight excluding hydrogens is 419 g/mol. The molecule has 0 radical (unpaired) electrons. The summed E-state index contributed by atoms with van der Waals surface area (Å²) in [5.74, 6) is 0.977. The summed E-state index contributed by atoms with van der Waals surface area (Å²) in [4.78, 5) is 19.2. The van der Waals surface area contributed by atoms with Crippen molar-refractivity contribution < 1.29 is 18.7 Å². The molecule has 4 aromatic rings. The van der Waals surface area contributed by atoms with Crippen LogP contribution in [0.4, 0.5) is 4.39 Å². The molecule has 1 aliphatic heterocycles. The molecule has 0 aliphatic carbocycles. The minimum atomic E-state index is -0.251. The summed E-state index contributed by atoms with van der Waals surface area (Å²) in [6.07, 6.45) is 2.43. The van der Waals surface area contributed by atoms with Crippen molar-refractivity contribution in [1.82, 2.24) is 9.88 Å². The van der Waals surface area contributed by atoms with Crippen molar-refractivity contribution in [3.8, 4) is 11.5 Å². The number of pyridine rings is 1. The number of halogens is 1. The van der Waals surface area contributed by atoms with Crippen LogP contribution in [-0.2, 0) is 19.6 Å².